The zero-order valence-corrected chi connectivity index (χ0v) is 64.4. The van der Waals surface area contributed by atoms with E-state index in [9.17, 15) is 10.2 Å². The van der Waals surface area contributed by atoms with Crippen molar-refractivity contribution in [1.29, 1.82) is 0 Å². The summed E-state index contributed by atoms with van der Waals surface area (Å²) in [5.41, 5.74) is 0. The van der Waals surface area contributed by atoms with Crippen molar-refractivity contribution >= 4 is 0 Å². The number of rotatable bonds is 2. The molecule has 0 aromatic carbocycles. The van der Waals surface area contributed by atoms with Crippen molar-refractivity contribution in [1.82, 2.24) is 0 Å². The molecule has 0 aromatic heterocycles. The Balaban J connectivity index is 1.11. The van der Waals surface area contributed by atoms with Gasteiger partial charge in [0.05, 0.1) is 26.4 Å². The first-order valence-corrected chi connectivity index (χ1v) is 42.0. The lowest BCUT2D eigenvalue weighted by Gasteiger charge is -2.22. The second-order valence-corrected chi connectivity index (χ2v) is 35.5. The van der Waals surface area contributed by atoms with E-state index in [0.29, 0.717) is 36.9 Å². The molecule has 4 aliphatic rings. The SMILES string of the molecule is CC1CCCC(C)CCCC(C)CCC(C)CCCC(C)C2CCC(CCCC(C)CCOC(CO)COCCC(C)CCCC3CCC(C3)C(C)CCCC(C)CCC(C)CCCC(C)C3CCC(CCCC(C)CCOC(CO)COCCC(C)CCC1)C3)C2. The maximum atomic E-state index is 10.1. The van der Waals surface area contributed by atoms with Gasteiger partial charge in [0.15, 0.2) is 0 Å². The van der Waals surface area contributed by atoms with Crippen molar-refractivity contribution in [2.75, 3.05) is 52.9 Å². The Bertz CT molecular complexity index is 1670. The van der Waals surface area contributed by atoms with Crippen LogP contribution >= 0.6 is 0 Å². The zero-order valence-electron chi connectivity index (χ0n) is 64.4. The number of aliphatic hydroxyl groups is 2. The van der Waals surface area contributed by atoms with Crippen LogP contribution < -0.4 is 0 Å². The topological polar surface area (TPSA) is 77.4 Å². The Morgan fingerprint density at radius 1 is 0.228 bits per heavy atom. The van der Waals surface area contributed by atoms with E-state index in [2.05, 4.69) is 90.0 Å². The lowest BCUT2D eigenvalue weighted by molar-refractivity contribution is -0.0471. The van der Waals surface area contributed by atoms with E-state index in [1.165, 1.54) is 257 Å². The second kappa shape index (κ2) is 51.8. The zero-order chi connectivity index (χ0) is 66.7. The molecule has 546 valence electrons. The minimum atomic E-state index is -0.198. The maximum absolute atomic E-state index is 10.1. The summed E-state index contributed by atoms with van der Waals surface area (Å²) in [7, 11) is 0. The molecule has 2 N–H and O–H groups in total. The number of hydrogen-bond donors (Lipinski definition) is 2. The van der Waals surface area contributed by atoms with Crippen molar-refractivity contribution in [3.63, 3.8) is 0 Å². The summed E-state index contributed by atoms with van der Waals surface area (Å²) in [6, 6.07) is 0. The summed E-state index contributed by atoms with van der Waals surface area (Å²) in [6.07, 6.45) is 60.4. The Hall–Kier alpha value is -0.240. The molecule has 6 bridgehead atoms. The van der Waals surface area contributed by atoms with Crippen LogP contribution in [0.25, 0.3) is 0 Å². The molecule has 21 unspecified atom stereocenters. The smallest absolute Gasteiger partial charge is 0.104 e. The minimum Gasteiger partial charge on any atom is -0.394 e. The van der Waals surface area contributed by atoms with Crippen LogP contribution in [0.15, 0.2) is 0 Å². The fourth-order valence-electron chi connectivity index (χ4n) is 18.2. The Morgan fingerprint density at radius 3 is 0.707 bits per heavy atom. The Kier molecular flexibility index (Phi) is 47.4. The van der Waals surface area contributed by atoms with Crippen LogP contribution in [-0.2, 0) is 18.9 Å². The summed E-state index contributed by atoms with van der Waals surface area (Å²) in [4.78, 5) is 0. The fourth-order valence-corrected chi connectivity index (χ4v) is 18.2. The van der Waals surface area contributed by atoms with E-state index in [1.807, 2.05) is 0 Å². The number of aliphatic hydroxyl groups excluding tert-OH is 2. The molecule has 1 heterocycles. The maximum Gasteiger partial charge on any atom is 0.104 e. The molecular formula is C86H166O6. The fraction of sp³-hybridized carbons (Fsp3) is 1.00. The van der Waals surface area contributed by atoms with Crippen LogP contribution in [0.5, 0.6) is 0 Å². The van der Waals surface area contributed by atoms with Gasteiger partial charge >= 0.3 is 0 Å². The molecule has 0 aromatic rings. The third-order valence-electron chi connectivity index (χ3n) is 26.1. The average Bonchev–Trinajstić information content (AvgIpc) is 2.75. The van der Waals surface area contributed by atoms with E-state index in [1.54, 1.807) is 0 Å². The highest BCUT2D eigenvalue weighted by molar-refractivity contribution is 4.83. The summed E-state index contributed by atoms with van der Waals surface area (Å²) in [5.74, 6) is 16.3. The van der Waals surface area contributed by atoms with Gasteiger partial charge in [0.25, 0.3) is 0 Å². The normalized spacial score (nSPS) is 39.5. The van der Waals surface area contributed by atoms with Gasteiger partial charge in [0.1, 0.15) is 12.2 Å². The number of ether oxygens (including phenoxy) is 4. The number of fused-ring (bicyclic) bond motifs is 6. The Labute approximate surface area is 576 Å². The first-order valence-electron chi connectivity index (χ1n) is 42.0. The monoisotopic (exact) mass is 1300 g/mol. The van der Waals surface area contributed by atoms with Gasteiger partial charge in [-0.3, -0.25) is 0 Å². The highest BCUT2D eigenvalue weighted by Crippen LogP contribution is 2.43. The van der Waals surface area contributed by atoms with Crippen LogP contribution in [0.3, 0.4) is 0 Å². The van der Waals surface area contributed by atoms with E-state index in [4.69, 9.17) is 18.9 Å². The predicted molar refractivity (Wildman–Crippen MR) is 399 cm³/mol. The Morgan fingerprint density at radius 2 is 0.446 bits per heavy atom. The van der Waals surface area contributed by atoms with E-state index < -0.39 is 0 Å². The average molecular weight is 1300 g/mol. The van der Waals surface area contributed by atoms with Crippen LogP contribution in [0, 0.1) is 112 Å². The summed E-state index contributed by atoms with van der Waals surface area (Å²) < 4.78 is 24.5. The summed E-state index contributed by atoms with van der Waals surface area (Å²) in [6.45, 7) is 36.7. The highest BCUT2D eigenvalue weighted by Gasteiger charge is 2.31. The van der Waals surface area contributed by atoms with Gasteiger partial charge in [-0.2, -0.15) is 0 Å². The van der Waals surface area contributed by atoms with Gasteiger partial charge in [0.2, 0.25) is 0 Å². The van der Waals surface area contributed by atoms with E-state index in [0.717, 1.165) is 141 Å². The molecule has 4 fully saturated rings. The molecule has 6 nitrogen and oxygen atoms in total. The third kappa shape index (κ3) is 40.1. The van der Waals surface area contributed by atoms with Crippen LogP contribution in [-0.4, -0.2) is 75.3 Å². The van der Waals surface area contributed by atoms with Gasteiger partial charge in [-0.05, 0) is 177 Å². The quantitative estimate of drug-likeness (QED) is 0.287. The molecule has 6 heteroatoms. The van der Waals surface area contributed by atoms with Gasteiger partial charge < -0.3 is 29.2 Å². The molecule has 3 saturated carbocycles. The molecule has 0 amide bonds. The highest BCUT2D eigenvalue weighted by atomic mass is 16.5. The van der Waals surface area contributed by atoms with Gasteiger partial charge in [-0.15, -0.1) is 0 Å². The number of hydrogen-bond acceptors (Lipinski definition) is 6. The lowest BCUT2D eigenvalue weighted by atomic mass is 9.84. The van der Waals surface area contributed by atoms with Crippen LogP contribution in [0.4, 0.5) is 0 Å². The summed E-state index contributed by atoms with van der Waals surface area (Å²) in [5, 5.41) is 20.2. The van der Waals surface area contributed by atoms with Crippen molar-refractivity contribution in [2.24, 2.45) is 112 Å². The van der Waals surface area contributed by atoms with Crippen molar-refractivity contribution in [2.45, 2.75) is 385 Å². The third-order valence-corrected chi connectivity index (χ3v) is 26.1. The largest absolute Gasteiger partial charge is 0.394 e. The van der Waals surface area contributed by atoms with Crippen molar-refractivity contribution in [3.8, 4) is 0 Å². The van der Waals surface area contributed by atoms with Crippen LogP contribution in [0.1, 0.15) is 373 Å². The van der Waals surface area contributed by atoms with Crippen molar-refractivity contribution < 1.29 is 29.2 Å². The molecule has 1 saturated heterocycles. The van der Waals surface area contributed by atoms with Gasteiger partial charge in [0, 0.05) is 26.4 Å². The molecule has 0 radical (unpaired) electrons. The van der Waals surface area contributed by atoms with Gasteiger partial charge in [-0.1, -0.05) is 308 Å². The molecule has 3 aliphatic carbocycles. The molecule has 21 atom stereocenters. The molecule has 0 spiro atoms. The molecular weight excluding hydrogens is 1130 g/mol. The first kappa shape index (κ1) is 84.2. The minimum absolute atomic E-state index is 0.0475. The molecule has 1 aliphatic heterocycles. The lowest BCUT2D eigenvalue weighted by Crippen LogP contribution is -2.25. The van der Waals surface area contributed by atoms with E-state index in [-0.39, 0.29) is 25.4 Å². The first-order chi connectivity index (χ1) is 44.4. The standard InChI is InChI=1S/C86H166O6/c1-66-23-14-24-67(2)26-16-28-72(7)51-55-89-64-85(62-87)91-57-53-74(9)33-21-40-81-47-50-84(61-81)78(13)37-19-31-71(6)44-43-70(5)30-18-36-76(11)82-48-45-79(59-82)38-20-32-73(8)52-56-90-65-86(63-88)92-58-54-75(10)34-22-39-80-46-49-83(60-80)77(12)35-17-29-69(4)42-41-68(3)27-15-25-66/h66-88H,14-65H2,1-13H3. The predicted octanol–water partition coefficient (Wildman–Crippen LogP) is 25.0. The van der Waals surface area contributed by atoms with E-state index >= 15 is 0 Å². The van der Waals surface area contributed by atoms with Crippen molar-refractivity contribution in [3.05, 3.63) is 0 Å². The second-order valence-electron chi connectivity index (χ2n) is 35.5. The molecule has 92 heavy (non-hydrogen) atoms. The van der Waals surface area contributed by atoms with Gasteiger partial charge in [-0.25, -0.2) is 0 Å². The molecule has 4 rings (SSSR count). The van der Waals surface area contributed by atoms with Crippen LogP contribution in [0.2, 0.25) is 0 Å². The summed E-state index contributed by atoms with van der Waals surface area (Å²) >= 11 is 0.